The number of carboxylic acid groups (broad SMARTS) is 1. The number of Topliss-reactive ketones (excluding diaryl/α,β-unsaturated/α-hetero) is 1. The van der Waals surface area contributed by atoms with Gasteiger partial charge in [0.25, 0.3) is 0 Å². The molecule has 78 valence electrons. The number of rotatable bonds is 3. The summed E-state index contributed by atoms with van der Waals surface area (Å²) < 4.78 is 0. The van der Waals surface area contributed by atoms with E-state index in [1.165, 1.54) is 0 Å². The van der Waals surface area contributed by atoms with Crippen molar-refractivity contribution < 1.29 is 14.7 Å². The fraction of sp³-hybridized carbons (Fsp3) is 0.273. The summed E-state index contributed by atoms with van der Waals surface area (Å²) in [5, 5.41) is 9.26. The molecule has 0 aliphatic heterocycles. The molecule has 0 bridgehead atoms. The SMILES string of the molecule is O=C(O)[C@H]1C[C@@H]1C(=O)c1ccc(Cl)cc1. The summed E-state index contributed by atoms with van der Waals surface area (Å²) in [4.78, 5) is 22.3. The van der Waals surface area contributed by atoms with Crippen molar-refractivity contribution in [3.63, 3.8) is 0 Å². The molecule has 0 spiro atoms. The molecule has 1 aliphatic rings. The third-order valence-electron chi connectivity index (χ3n) is 2.57. The minimum absolute atomic E-state index is 0.0981. The van der Waals surface area contributed by atoms with Gasteiger partial charge in [-0.05, 0) is 30.7 Å². The molecule has 0 unspecified atom stereocenters. The molecule has 1 N–H and O–H groups in total. The molecule has 0 saturated heterocycles. The van der Waals surface area contributed by atoms with Crippen molar-refractivity contribution in [2.75, 3.05) is 0 Å². The predicted octanol–water partition coefficient (Wildman–Crippen LogP) is 2.24. The van der Waals surface area contributed by atoms with Crippen molar-refractivity contribution in [3.8, 4) is 0 Å². The van der Waals surface area contributed by atoms with Crippen molar-refractivity contribution in [1.29, 1.82) is 0 Å². The minimum atomic E-state index is -0.887. The van der Waals surface area contributed by atoms with Crippen LogP contribution in [0.5, 0.6) is 0 Å². The Morgan fingerprint density at radius 2 is 1.80 bits per heavy atom. The second-order valence-corrected chi connectivity index (χ2v) is 4.09. The van der Waals surface area contributed by atoms with Gasteiger partial charge in [-0.1, -0.05) is 11.6 Å². The molecule has 1 fully saturated rings. The first kappa shape index (κ1) is 10.2. The van der Waals surface area contributed by atoms with E-state index in [1.807, 2.05) is 0 Å². The van der Waals surface area contributed by atoms with Gasteiger partial charge >= 0.3 is 5.97 Å². The second kappa shape index (κ2) is 3.66. The van der Waals surface area contributed by atoms with Crippen LogP contribution in [-0.4, -0.2) is 16.9 Å². The Hall–Kier alpha value is -1.35. The quantitative estimate of drug-likeness (QED) is 0.802. The molecule has 4 heteroatoms. The van der Waals surface area contributed by atoms with E-state index in [0.717, 1.165) is 0 Å². The van der Waals surface area contributed by atoms with Gasteiger partial charge in [0.2, 0.25) is 0 Å². The molecule has 0 amide bonds. The van der Waals surface area contributed by atoms with Crippen LogP contribution in [0.1, 0.15) is 16.8 Å². The molecular formula is C11H9ClO3. The fourth-order valence-electron chi connectivity index (χ4n) is 1.59. The summed E-state index contributed by atoms with van der Waals surface area (Å²) in [5.41, 5.74) is 0.535. The molecule has 1 aromatic rings. The molecule has 2 rings (SSSR count). The van der Waals surface area contributed by atoms with Gasteiger partial charge in [-0.3, -0.25) is 9.59 Å². The van der Waals surface area contributed by atoms with Gasteiger partial charge in [0.05, 0.1) is 5.92 Å². The first-order chi connectivity index (χ1) is 7.09. The molecule has 0 aromatic heterocycles. The van der Waals surface area contributed by atoms with Crippen LogP contribution in [0, 0.1) is 11.8 Å². The lowest BCUT2D eigenvalue weighted by molar-refractivity contribution is -0.138. The predicted molar refractivity (Wildman–Crippen MR) is 55.0 cm³/mol. The van der Waals surface area contributed by atoms with Crippen molar-refractivity contribution >= 4 is 23.4 Å². The Morgan fingerprint density at radius 3 is 2.27 bits per heavy atom. The number of aliphatic carboxylic acids is 1. The lowest BCUT2D eigenvalue weighted by Gasteiger charge is -1.98. The zero-order valence-electron chi connectivity index (χ0n) is 7.81. The Kier molecular flexibility index (Phi) is 2.49. The monoisotopic (exact) mass is 224 g/mol. The molecule has 2 atom stereocenters. The van der Waals surface area contributed by atoms with E-state index >= 15 is 0 Å². The highest BCUT2D eigenvalue weighted by atomic mass is 35.5. The van der Waals surface area contributed by atoms with E-state index in [2.05, 4.69) is 0 Å². The molecule has 1 aromatic carbocycles. The van der Waals surface area contributed by atoms with Crippen LogP contribution in [0.15, 0.2) is 24.3 Å². The van der Waals surface area contributed by atoms with E-state index in [1.54, 1.807) is 24.3 Å². The Bertz CT molecular complexity index is 410. The van der Waals surface area contributed by atoms with Crippen molar-refractivity contribution in [1.82, 2.24) is 0 Å². The summed E-state index contributed by atoms with van der Waals surface area (Å²) in [6, 6.07) is 6.52. The zero-order chi connectivity index (χ0) is 11.0. The van der Waals surface area contributed by atoms with Crippen molar-refractivity contribution in [3.05, 3.63) is 34.9 Å². The van der Waals surface area contributed by atoms with Gasteiger partial charge in [0, 0.05) is 16.5 Å². The average molecular weight is 225 g/mol. The number of ketones is 1. The molecule has 3 nitrogen and oxygen atoms in total. The molecule has 0 heterocycles. The van der Waals surface area contributed by atoms with E-state index < -0.39 is 11.9 Å². The van der Waals surface area contributed by atoms with Gasteiger partial charge in [0.15, 0.2) is 5.78 Å². The summed E-state index contributed by atoms with van der Waals surface area (Å²) in [5.74, 6) is -1.82. The van der Waals surface area contributed by atoms with Crippen LogP contribution in [0.25, 0.3) is 0 Å². The molecule has 0 radical (unpaired) electrons. The van der Waals surface area contributed by atoms with Crippen LogP contribution in [0.3, 0.4) is 0 Å². The number of hydrogen-bond acceptors (Lipinski definition) is 2. The Labute approximate surface area is 91.7 Å². The first-order valence-electron chi connectivity index (χ1n) is 4.62. The maximum absolute atomic E-state index is 11.7. The number of carbonyl (C=O) groups is 2. The third kappa shape index (κ3) is 2.02. The number of halogens is 1. The van der Waals surface area contributed by atoms with Gasteiger partial charge in [-0.25, -0.2) is 0 Å². The Morgan fingerprint density at radius 1 is 1.20 bits per heavy atom. The number of carboxylic acids is 1. The van der Waals surface area contributed by atoms with Crippen molar-refractivity contribution in [2.45, 2.75) is 6.42 Å². The minimum Gasteiger partial charge on any atom is -0.481 e. The highest BCUT2D eigenvalue weighted by molar-refractivity contribution is 6.30. The van der Waals surface area contributed by atoms with Gasteiger partial charge in [0.1, 0.15) is 0 Å². The van der Waals surface area contributed by atoms with Gasteiger partial charge in [-0.2, -0.15) is 0 Å². The average Bonchev–Trinajstić information content (AvgIpc) is 2.97. The summed E-state index contributed by atoms with van der Waals surface area (Å²) in [7, 11) is 0. The highest BCUT2D eigenvalue weighted by Crippen LogP contribution is 2.41. The summed E-state index contributed by atoms with van der Waals surface area (Å²) in [6.45, 7) is 0. The maximum atomic E-state index is 11.7. The molecule has 1 saturated carbocycles. The Balaban J connectivity index is 2.10. The zero-order valence-corrected chi connectivity index (χ0v) is 8.57. The molecule has 1 aliphatic carbocycles. The maximum Gasteiger partial charge on any atom is 0.307 e. The second-order valence-electron chi connectivity index (χ2n) is 3.66. The topological polar surface area (TPSA) is 54.4 Å². The van der Waals surface area contributed by atoms with Crippen LogP contribution in [0.4, 0.5) is 0 Å². The van der Waals surface area contributed by atoms with Gasteiger partial charge in [-0.15, -0.1) is 0 Å². The first-order valence-corrected chi connectivity index (χ1v) is 5.00. The van der Waals surface area contributed by atoms with Crippen molar-refractivity contribution in [2.24, 2.45) is 11.8 Å². The fourth-order valence-corrected chi connectivity index (χ4v) is 1.71. The summed E-state index contributed by atoms with van der Waals surface area (Å²) >= 11 is 5.69. The van der Waals surface area contributed by atoms with Crippen LogP contribution in [-0.2, 0) is 4.79 Å². The molecule has 15 heavy (non-hydrogen) atoms. The number of hydrogen-bond donors (Lipinski definition) is 1. The van der Waals surface area contributed by atoms with Crippen LogP contribution in [0.2, 0.25) is 5.02 Å². The van der Waals surface area contributed by atoms with Crippen LogP contribution >= 0.6 is 11.6 Å². The standard InChI is InChI=1S/C11H9ClO3/c12-7-3-1-6(2-4-7)10(13)8-5-9(8)11(14)15/h1-4,8-9H,5H2,(H,14,15)/t8-,9-/m0/s1. The summed E-state index contributed by atoms with van der Waals surface area (Å²) in [6.07, 6.45) is 0.455. The van der Waals surface area contributed by atoms with E-state index in [-0.39, 0.29) is 11.7 Å². The van der Waals surface area contributed by atoms with E-state index in [0.29, 0.717) is 17.0 Å². The van der Waals surface area contributed by atoms with Crippen LogP contribution < -0.4 is 0 Å². The largest absolute Gasteiger partial charge is 0.481 e. The lowest BCUT2D eigenvalue weighted by Crippen LogP contribution is -2.07. The number of benzene rings is 1. The van der Waals surface area contributed by atoms with E-state index in [9.17, 15) is 9.59 Å². The smallest absolute Gasteiger partial charge is 0.307 e. The lowest BCUT2D eigenvalue weighted by atomic mass is 10.1. The van der Waals surface area contributed by atoms with Gasteiger partial charge < -0.3 is 5.11 Å². The highest BCUT2D eigenvalue weighted by Gasteiger charge is 2.48. The molecular weight excluding hydrogens is 216 g/mol. The van der Waals surface area contributed by atoms with E-state index in [4.69, 9.17) is 16.7 Å². The number of carbonyl (C=O) groups excluding carboxylic acids is 1. The third-order valence-corrected chi connectivity index (χ3v) is 2.83. The normalized spacial score (nSPS) is 23.5.